The molecule has 0 saturated carbocycles. The van der Waals surface area contributed by atoms with Gasteiger partial charge in [-0.3, -0.25) is 4.79 Å². The lowest BCUT2D eigenvalue weighted by molar-refractivity contribution is -0.130. The molecule has 0 radical (unpaired) electrons. The van der Waals surface area contributed by atoms with E-state index in [1.807, 2.05) is 30.3 Å². The molecule has 1 aliphatic heterocycles. The van der Waals surface area contributed by atoms with Crippen LogP contribution in [0.25, 0.3) is 0 Å². The first-order chi connectivity index (χ1) is 7.65. The molecule has 1 aliphatic rings. The van der Waals surface area contributed by atoms with E-state index in [2.05, 4.69) is 0 Å². The van der Waals surface area contributed by atoms with Gasteiger partial charge >= 0.3 is 5.91 Å². The van der Waals surface area contributed by atoms with Crippen molar-refractivity contribution in [3.05, 3.63) is 30.3 Å². The van der Waals surface area contributed by atoms with E-state index in [9.17, 15) is 9.59 Å². The summed E-state index contributed by atoms with van der Waals surface area (Å²) in [7, 11) is 0. The maximum atomic E-state index is 12.0. The van der Waals surface area contributed by atoms with Crippen molar-refractivity contribution in [1.29, 1.82) is 0 Å². The number of benzene rings is 1. The van der Waals surface area contributed by atoms with Gasteiger partial charge in [0.2, 0.25) is 0 Å². The Kier molecular flexibility index (Phi) is 2.98. The lowest BCUT2D eigenvalue weighted by atomic mass is 10.2. The summed E-state index contributed by atoms with van der Waals surface area (Å²) in [6.07, 6.45) is 0. The summed E-state index contributed by atoms with van der Waals surface area (Å²) in [5.74, 6) is 0.642. The summed E-state index contributed by atoms with van der Waals surface area (Å²) in [6, 6.07) is 9.36. The number of carbonyl (C=O) groups excluding carboxylic acids is 2. The summed E-state index contributed by atoms with van der Waals surface area (Å²) < 4.78 is 0.0564. The highest BCUT2D eigenvalue weighted by atomic mass is 32.2. The smallest absolute Gasteiger partial charge is 0.329 e. The zero-order valence-electron chi connectivity index (χ0n) is 8.76. The molecule has 1 heterocycles. The topological polar surface area (TPSA) is 60.2 Å². The van der Waals surface area contributed by atoms with Crippen LogP contribution in [0.5, 0.6) is 0 Å². The third-order valence-electron chi connectivity index (χ3n) is 2.69. The molecule has 0 aliphatic carbocycles. The monoisotopic (exact) mass is 237 g/mol. The molecular formula is C11H13N2O2S+. The van der Waals surface area contributed by atoms with Crippen molar-refractivity contribution >= 4 is 29.3 Å². The lowest BCUT2D eigenvalue weighted by Crippen LogP contribution is -2.55. The normalized spacial score (nSPS) is 24.6. The third-order valence-corrected chi connectivity index (χ3v) is 3.77. The first-order valence-corrected chi connectivity index (χ1v) is 6.13. The van der Waals surface area contributed by atoms with Crippen molar-refractivity contribution in [2.24, 2.45) is 5.73 Å². The molecule has 5 heteroatoms. The molecular weight excluding hydrogens is 224 g/mol. The molecule has 16 heavy (non-hydrogen) atoms. The van der Waals surface area contributed by atoms with Gasteiger partial charge in [-0.2, -0.15) is 0 Å². The zero-order valence-corrected chi connectivity index (χ0v) is 9.57. The zero-order chi connectivity index (χ0) is 11.6. The van der Waals surface area contributed by atoms with Gasteiger partial charge in [-0.1, -0.05) is 30.0 Å². The van der Waals surface area contributed by atoms with Crippen LogP contribution in [0.4, 0.5) is 5.69 Å². The van der Waals surface area contributed by atoms with Crippen LogP contribution in [-0.2, 0) is 9.59 Å². The van der Waals surface area contributed by atoms with Gasteiger partial charge in [0, 0.05) is 0 Å². The van der Waals surface area contributed by atoms with Crippen molar-refractivity contribution < 1.29 is 9.59 Å². The van der Waals surface area contributed by atoms with Crippen molar-refractivity contribution in [2.45, 2.75) is 0 Å². The minimum Gasteiger partial charge on any atom is -0.365 e. The van der Waals surface area contributed by atoms with Crippen LogP contribution in [0.1, 0.15) is 0 Å². The fourth-order valence-electron chi connectivity index (χ4n) is 1.91. The van der Waals surface area contributed by atoms with Gasteiger partial charge in [0.25, 0.3) is 5.91 Å². The van der Waals surface area contributed by atoms with Gasteiger partial charge < -0.3 is 5.73 Å². The number of carbonyl (C=O) groups is 2. The summed E-state index contributed by atoms with van der Waals surface area (Å²) in [4.78, 5) is 23.1. The number of hydrogen-bond acceptors (Lipinski definition) is 3. The molecule has 1 aromatic carbocycles. The fourth-order valence-corrected chi connectivity index (χ4v) is 3.12. The van der Waals surface area contributed by atoms with Gasteiger partial charge in [0.05, 0.1) is 0 Å². The quantitative estimate of drug-likeness (QED) is 0.788. The fraction of sp³-hybridized carbons (Fsp3) is 0.273. The Morgan fingerprint density at radius 1 is 1.38 bits per heavy atom. The molecule has 1 fully saturated rings. The SMILES string of the molecule is NC(=O)C[N+]1(c2ccccc2)CSCC1=O. The van der Waals surface area contributed by atoms with Crippen LogP contribution in [0.3, 0.4) is 0 Å². The lowest BCUT2D eigenvalue weighted by Gasteiger charge is -2.28. The number of quaternary nitrogens is 1. The van der Waals surface area contributed by atoms with Crippen LogP contribution in [0, 0.1) is 0 Å². The highest BCUT2D eigenvalue weighted by molar-refractivity contribution is 8.00. The summed E-state index contributed by atoms with van der Waals surface area (Å²) in [5, 5.41) is 0. The molecule has 1 saturated heterocycles. The molecule has 84 valence electrons. The van der Waals surface area contributed by atoms with Crippen molar-refractivity contribution in [3.63, 3.8) is 0 Å². The van der Waals surface area contributed by atoms with Gasteiger partial charge in [-0.05, 0) is 12.1 Å². The average molecular weight is 237 g/mol. The van der Waals surface area contributed by atoms with E-state index in [0.717, 1.165) is 5.69 Å². The van der Waals surface area contributed by atoms with E-state index in [1.165, 1.54) is 0 Å². The van der Waals surface area contributed by atoms with Crippen LogP contribution in [0.2, 0.25) is 0 Å². The Hall–Kier alpha value is -1.33. The van der Waals surface area contributed by atoms with Crippen LogP contribution in [0.15, 0.2) is 30.3 Å². The average Bonchev–Trinajstić information content (AvgIpc) is 2.62. The van der Waals surface area contributed by atoms with E-state index in [-0.39, 0.29) is 16.9 Å². The largest absolute Gasteiger partial charge is 0.365 e. The van der Waals surface area contributed by atoms with Crippen molar-refractivity contribution in [1.82, 2.24) is 4.48 Å². The molecule has 4 nitrogen and oxygen atoms in total. The minimum absolute atomic E-state index is 0.0509. The highest BCUT2D eigenvalue weighted by Gasteiger charge is 2.45. The molecule has 0 aromatic heterocycles. The number of amides is 2. The number of nitrogens with two attached hydrogens (primary N) is 1. The van der Waals surface area contributed by atoms with E-state index in [4.69, 9.17) is 5.73 Å². The van der Waals surface area contributed by atoms with Crippen LogP contribution in [-0.4, -0.2) is 30.0 Å². The molecule has 0 spiro atoms. The third kappa shape index (κ3) is 1.83. The van der Waals surface area contributed by atoms with E-state index in [1.54, 1.807) is 11.8 Å². The van der Waals surface area contributed by atoms with Crippen LogP contribution >= 0.6 is 11.8 Å². The second kappa shape index (κ2) is 4.27. The number of para-hydroxylation sites is 1. The first-order valence-electron chi connectivity index (χ1n) is 4.97. The van der Waals surface area contributed by atoms with Gasteiger partial charge in [0.1, 0.15) is 17.3 Å². The maximum Gasteiger partial charge on any atom is 0.329 e. The molecule has 1 atom stereocenters. The van der Waals surface area contributed by atoms with Gasteiger partial charge in [-0.25, -0.2) is 9.28 Å². The van der Waals surface area contributed by atoms with Gasteiger partial charge in [-0.15, -0.1) is 0 Å². The maximum absolute atomic E-state index is 12.0. The molecule has 0 bridgehead atoms. The Morgan fingerprint density at radius 2 is 2.06 bits per heavy atom. The predicted octanol–water partition coefficient (Wildman–Crippen LogP) is 0.710. The summed E-state index contributed by atoms with van der Waals surface area (Å²) in [5.41, 5.74) is 6.08. The molecule has 2 amide bonds. The predicted molar refractivity (Wildman–Crippen MR) is 64.6 cm³/mol. The van der Waals surface area contributed by atoms with Crippen LogP contribution < -0.4 is 10.2 Å². The number of nitrogens with zero attached hydrogens (tertiary/aromatic N) is 1. The number of rotatable bonds is 3. The number of thioether (sulfide) groups is 1. The number of hydrogen-bond donors (Lipinski definition) is 1. The second-order valence-corrected chi connectivity index (χ2v) is 4.75. The number of primary amides is 1. The van der Waals surface area contributed by atoms with Crippen molar-refractivity contribution in [3.8, 4) is 0 Å². The molecule has 2 rings (SSSR count). The Morgan fingerprint density at radius 3 is 2.56 bits per heavy atom. The second-order valence-electron chi connectivity index (χ2n) is 3.80. The van der Waals surface area contributed by atoms with E-state index >= 15 is 0 Å². The Bertz CT molecular complexity index is 421. The minimum atomic E-state index is -0.445. The molecule has 1 aromatic rings. The summed E-state index contributed by atoms with van der Waals surface area (Å²) in [6.45, 7) is 0.0514. The molecule has 1 unspecified atom stereocenters. The Labute approximate surface area is 98.0 Å². The van der Waals surface area contributed by atoms with E-state index < -0.39 is 5.91 Å². The molecule has 2 N–H and O–H groups in total. The Balaban J connectivity index is 2.42. The van der Waals surface area contributed by atoms with Gasteiger partial charge in [0.15, 0.2) is 6.54 Å². The first kappa shape index (κ1) is 11.2. The van der Waals surface area contributed by atoms with Crippen molar-refractivity contribution in [2.75, 3.05) is 18.2 Å². The highest BCUT2D eigenvalue weighted by Crippen LogP contribution is 2.32. The van der Waals surface area contributed by atoms with E-state index in [0.29, 0.717) is 11.6 Å². The standard InChI is InChI=1S/C11H12N2O2S/c12-10(14)6-13(8-16-7-11(13)15)9-4-2-1-3-5-9/h1-5H,6-8H2,(H-,12,14)/p+1. The summed E-state index contributed by atoms with van der Waals surface area (Å²) >= 11 is 1.54.